The van der Waals surface area contributed by atoms with Crippen molar-refractivity contribution >= 4 is 37.3 Å². The number of thiazole rings is 1. The summed E-state index contributed by atoms with van der Waals surface area (Å²) in [5, 5.41) is 0. The van der Waals surface area contributed by atoms with E-state index in [1.807, 2.05) is 20.8 Å². The highest BCUT2D eigenvalue weighted by molar-refractivity contribution is 7.92. The van der Waals surface area contributed by atoms with E-state index in [1.165, 1.54) is 12.1 Å². The molecule has 0 spiro atoms. The lowest BCUT2D eigenvalue weighted by molar-refractivity contribution is 0.342. The number of hydrogen-bond acceptors (Lipinski definition) is 5. The third kappa shape index (κ3) is 3.47. The Bertz CT molecular complexity index is 1100. The van der Waals surface area contributed by atoms with E-state index in [0.717, 1.165) is 16.9 Å². The van der Waals surface area contributed by atoms with Crippen molar-refractivity contribution in [3.8, 4) is 5.75 Å². The quantitative estimate of drug-likeness (QED) is 0.691. The van der Waals surface area contributed by atoms with Gasteiger partial charge in [0.2, 0.25) is 0 Å². The Labute approximate surface area is 156 Å². The molecule has 138 valence electrons. The van der Waals surface area contributed by atoms with Crippen LogP contribution in [0.25, 0.3) is 10.2 Å². The van der Waals surface area contributed by atoms with Gasteiger partial charge in [-0.15, -0.1) is 0 Å². The van der Waals surface area contributed by atoms with E-state index in [2.05, 4.69) is 4.72 Å². The molecule has 0 fully saturated rings. The maximum atomic E-state index is 12.8. The molecule has 0 aliphatic carbocycles. The number of nitrogens with one attached hydrogen (secondary N) is 1. The van der Waals surface area contributed by atoms with Gasteiger partial charge in [-0.2, -0.15) is 0 Å². The van der Waals surface area contributed by atoms with Gasteiger partial charge in [0.1, 0.15) is 5.75 Å². The predicted octanol–water partition coefficient (Wildman–Crippen LogP) is 3.84. The smallest absolute Gasteiger partial charge is 0.308 e. The van der Waals surface area contributed by atoms with E-state index < -0.39 is 10.0 Å². The fraction of sp³-hybridized carbons (Fsp3) is 0.278. The third-order valence-electron chi connectivity index (χ3n) is 3.84. The fourth-order valence-corrected chi connectivity index (χ4v) is 4.93. The highest BCUT2D eigenvalue weighted by atomic mass is 32.2. The summed E-state index contributed by atoms with van der Waals surface area (Å²) in [7, 11) is -3.80. The van der Waals surface area contributed by atoms with Crippen LogP contribution in [0.15, 0.2) is 52.2 Å². The molecule has 3 rings (SSSR count). The van der Waals surface area contributed by atoms with Crippen LogP contribution in [0, 0.1) is 0 Å². The molecule has 1 aromatic heterocycles. The number of ether oxygens (including phenoxy) is 1. The van der Waals surface area contributed by atoms with Crippen molar-refractivity contribution in [3.63, 3.8) is 0 Å². The molecule has 26 heavy (non-hydrogen) atoms. The normalized spacial score (nSPS) is 11.8. The summed E-state index contributed by atoms with van der Waals surface area (Å²) < 4.78 is 35.9. The Balaban J connectivity index is 2.01. The predicted molar refractivity (Wildman–Crippen MR) is 105 cm³/mol. The number of sulfonamides is 1. The SMILES string of the molecule is CCOc1ccccc1NS(=O)(=O)c1ccc2c(c1)sc(=O)n2C(C)C. The molecular weight excluding hydrogens is 372 g/mol. The molecule has 0 radical (unpaired) electrons. The maximum absolute atomic E-state index is 12.8. The van der Waals surface area contributed by atoms with Crippen LogP contribution in [0.2, 0.25) is 0 Å². The summed E-state index contributed by atoms with van der Waals surface area (Å²) in [4.78, 5) is 12.2. The second-order valence-electron chi connectivity index (χ2n) is 6.00. The van der Waals surface area contributed by atoms with Crippen LogP contribution < -0.4 is 14.3 Å². The van der Waals surface area contributed by atoms with Gasteiger partial charge in [-0.25, -0.2) is 8.42 Å². The average Bonchev–Trinajstić information content (AvgIpc) is 2.91. The first-order chi connectivity index (χ1) is 12.3. The number of rotatable bonds is 6. The number of nitrogens with zero attached hydrogens (tertiary/aromatic N) is 1. The third-order valence-corrected chi connectivity index (χ3v) is 6.12. The number of aromatic nitrogens is 1. The van der Waals surface area contributed by atoms with Gasteiger partial charge in [0.15, 0.2) is 0 Å². The molecule has 0 bridgehead atoms. The monoisotopic (exact) mass is 392 g/mol. The largest absolute Gasteiger partial charge is 0.492 e. The van der Waals surface area contributed by atoms with E-state index in [0.29, 0.717) is 22.7 Å². The second kappa shape index (κ2) is 7.13. The van der Waals surface area contributed by atoms with Crippen LogP contribution in [0.3, 0.4) is 0 Å². The molecule has 6 nitrogen and oxygen atoms in total. The topological polar surface area (TPSA) is 77.4 Å². The first-order valence-electron chi connectivity index (χ1n) is 8.23. The van der Waals surface area contributed by atoms with E-state index in [-0.39, 0.29) is 15.8 Å². The van der Waals surface area contributed by atoms with Gasteiger partial charge in [0.05, 0.1) is 27.4 Å². The maximum Gasteiger partial charge on any atom is 0.308 e. The molecule has 2 aromatic carbocycles. The lowest BCUT2D eigenvalue weighted by Gasteiger charge is -2.13. The molecule has 3 aromatic rings. The number of fused-ring (bicyclic) bond motifs is 1. The Morgan fingerprint density at radius 1 is 1.19 bits per heavy atom. The van der Waals surface area contributed by atoms with Gasteiger partial charge in [0.25, 0.3) is 10.0 Å². The van der Waals surface area contributed by atoms with Gasteiger partial charge in [-0.05, 0) is 51.1 Å². The molecule has 0 saturated carbocycles. The Morgan fingerprint density at radius 3 is 2.62 bits per heavy atom. The van der Waals surface area contributed by atoms with Crippen molar-refractivity contribution in [1.82, 2.24) is 4.57 Å². The highest BCUT2D eigenvalue weighted by Gasteiger charge is 2.19. The molecule has 0 saturated heterocycles. The molecule has 0 aliphatic rings. The summed E-state index contributed by atoms with van der Waals surface area (Å²) in [6.07, 6.45) is 0. The molecular formula is C18H20N2O4S2. The van der Waals surface area contributed by atoms with Crippen molar-refractivity contribution < 1.29 is 13.2 Å². The average molecular weight is 393 g/mol. The second-order valence-corrected chi connectivity index (χ2v) is 8.67. The van der Waals surface area contributed by atoms with Crippen LogP contribution in [0.5, 0.6) is 5.75 Å². The Hall–Kier alpha value is -2.32. The van der Waals surface area contributed by atoms with Gasteiger partial charge in [0, 0.05) is 6.04 Å². The van der Waals surface area contributed by atoms with Crippen LogP contribution in [-0.4, -0.2) is 19.6 Å². The van der Waals surface area contributed by atoms with Gasteiger partial charge >= 0.3 is 4.87 Å². The van der Waals surface area contributed by atoms with Crippen LogP contribution >= 0.6 is 11.3 Å². The highest BCUT2D eigenvalue weighted by Crippen LogP contribution is 2.28. The molecule has 0 unspecified atom stereocenters. The van der Waals surface area contributed by atoms with Crippen LogP contribution in [-0.2, 0) is 10.0 Å². The van der Waals surface area contributed by atoms with E-state index >= 15 is 0 Å². The first kappa shape index (κ1) is 18.5. The summed E-state index contributed by atoms with van der Waals surface area (Å²) >= 11 is 1.05. The van der Waals surface area contributed by atoms with Crippen molar-refractivity contribution in [3.05, 3.63) is 52.1 Å². The van der Waals surface area contributed by atoms with Crippen molar-refractivity contribution in [2.24, 2.45) is 0 Å². The molecule has 0 aliphatic heterocycles. The lowest BCUT2D eigenvalue weighted by Crippen LogP contribution is -2.15. The van der Waals surface area contributed by atoms with Crippen molar-refractivity contribution in [1.29, 1.82) is 0 Å². The number of anilines is 1. The van der Waals surface area contributed by atoms with Crippen molar-refractivity contribution in [2.45, 2.75) is 31.7 Å². The Morgan fingerprint density at radius 2 is 1.92 bits per heavy atom. The Kier molecular flexibility index (Phi) is 5.06. The van der Waals surface area contributed by atoms with Crippen LogP contribution in [0.4, 0.5) is 5.69 Å². The first-order valence-corrected chi connectivity index (χ1v) is 10.5. The van der Waals surface area contributed by atoms with Gasteiger partial charge in [-0.1, -0.05) is 23.5 Å². The summed E-state index contributed by atoms with van der Waals surface area (Å²) in [5.41, 5.74) is 1.12. The minimum Gasteiger partial charge on any atom is -0.492 e. The zero-order chi connectivity index (χ0) is 18.9. The van der Waals surface area contributed by atoms with Gasteiger partial charge < -0.3 is 4.74 Å². The minimum atomic E-state index is -3.80. The molecule has 1 heterocycles. The molecule has 8 heteroatoms. The van der Waals surface area contributed by atoms with Crippen LogP contribution in [0.1, 0.15) is 26.8 Å². The zero-order valence-electron chi connectivity index (χ0n) is 14.7. The van der Waals surface area contributed by atoms with Gasteiger partial charge in [-0.3, -0.25) is 14.1 Å². The van der Waals surface area contributed by atoms with E-state index in [9.17, 15) is 13.2 Å². The zero-order valence-corrected chi connectivity index (χ0v) is 16.4. The number of hydrogen-bond donors (Lipinski definition) is 1. The minimum absolute atomic E-state index is 0.00917. The molecule has 0 amide bonds. The molecule has 1 N–H and O–H groups in total. The van der Waals surface area contributed by atoms with E-state index in [1.54, 1.807) is 34.9 Å². The fourth-order valence-electron chi connectivity index (χ4n) is 2.71. The van der Waals surface area contributed by atoms with E-state index in [4.69, 9.17) is 4.74 Å². The summed E-state index contributed by atoms with van der Waals surface area (Å²) in [6.45, 7) is 6.11. The lowest BCUT2D eigenvalue weighted by atomic mass is 10.3. The summed E-state index contributed by atoms with van der Waals surface area (Å²) in [5.74, 6) is 0.468. The number of para-hydroxylation sites is 2. The number of benzene rings is 2. The standard InChI is InChI=1S/C18H20N2O4S2/c1-4-24-16-8-6-5-7-14(16)19-26(22,23)13-9-10-15-17(11-13)25-18(21)20(15)12(2)3/h5-12,19H,4H2,1-3H3. The summed E-state index contributed by atoms with van der Waals surface area (Å²) in [6, 6.07) is 11.6. The van der Waals surface area contributed by atoms with Crippen molar-refractivity contribution in [2.75, 3.05) is 11.3 Å². The molecule has 0 atom stereocenters.